The van der Waals surface area contributed by atoms with Crippen LogP contribution in [-0.2, 0) is 4.79 Å². The van der Waals surface area contributed by atoms with Crippen LogP contribution in [-0.4, -0.2) is 29.0 Å². The highest BCUT2D eigenvalue weighted by Crippen LogP contribution is 2.52. The van der Waals surface area contributed by atoms with Crippen LogP contribution in [0, 0.1) is 23.1 Å². The first-order valence-corrected chi connectivity index (χ1v) is 8.11. The Kier molecular flexibility index (Phi) is 3.98. The third kappa shape index (κ3) is 3.02. The maximum absolute atomic E-state index is 13.0. The molecule has 22 heavy (non-hydrogen) atoms. The number of hydrogen-bond donors (Lipinski definition) is 1. The predicted octanol–water partition coefficient (Wildman–Crippen LogP) is 3.14. The van der Waals surface area contributed by atoms with E-state index in [9.17, 15) is 14.3 Å². The van der Waals surface area contributed by atoms with E-state index in [0.29, 0.717) is 13.1 Å². The minimum Gasteiger partial charge on any atom is -0.388 e. The van der Waals surface area contributed by atoms with Gasteiger partial charge in [0.25, 0.3) is 0 Å². The van der Waals surface area contributed by atoms with Gasteiger partial charge >= 0.3 is 0 Å². The molecule has 120 valence electrons. The van der Waals surface area contributed by atoms with Crippen LogP contribution in [0.5, 0.6) is 0 Å². The molecule has 2 aliphatic rings. The number of piperidine rings is 1. The molecule has 0 bridgehead atoms. The van der Waals surface area contributed by atoms with Gasteiger partial charge in [0.2, 0.25) is 5.91 Å². The number of hydrogen-bond acceptors (Lipinski definition) is 2. The van der Waals surface area contributed by atoms with E-state index in [0.717, 1.165) is 24.8 Å². The van der Waals surface area contributed by atoms with Crippen molar-refractivity contribution in [2.45, 2.75) is 39.2 Å². The average molecular weight is 305 g/mol. The second-order valence-electron chi connectivity index (χ2n) is 7.40. The van der Waals surface area contributed by atoms with E-state index >= 15 is 0 Å². The molecule has 1 unspecified atom stereocenters. The second-order valence-corrected chi connectivity index (χ2v) is 7.40. The fourth-order valence-electron chi connectivity index (χ4n) is 3.48. The standard InChI is InChI=1S/C18H24FNO2/c1-18(2)11-15(18)17(22)20-9-7-13(8-10-20)16(21)12-3-5-14(19)6-4-12/h3-6,13,15-16,21H,7-11H2,1-2H3/t15-,16?/m1/s1. The number of rotatable bonds is 3. The lowest BCUT2D eigenvalue weighted by atomic mass is 9.87. The Balaban J connectivity index is 1.55. The summed E-state index contributed by atoms with van der Waals surface area (Å²) in [5.74, 6) is 0.316. The van der Waals surface area contributed by atoms with E-state index in [1.807, 2.05) is 4.90 Å². The number of likely N-dealkylation sites (tertiary alicyclic amines) is 1. The third-order valence-corrected chi connectivity index (χ3v) is 5.32. The van der Waals surface area contributed by atoms with E-state index in [2.05, 4.69) is 13.8 Å². The van der Waals surface area contributed by atoms with E-state index in [1.165, 1.54) is 12.1 Å². The van der Waals surface area contributed by atoms with Crippen molar-refractivity contribution in [3.63, 3.8) is 0 Å². The van der Waals surface area contributed by atoms with Crippen molar-refractivity contribution in [3.05, 3.63) is 35.6 Å². The molecule has 1 amide bonds. The van der Waals surface area contributed by atoms with Crippen molar-refractivity contribution >= 4 is 5.91 Å². The molecule has 2 fully saturated rings. The average Bonchev–Trinajstić information content (AvgIpc) is 3.15. The molecule has 1 saturated carbocycles. The van der Waals surface area contributed by atoms with Gasteiger partial charge < -0.3 is 10.0 Å². The smallest absolute Gasteiger partial charge is 0.226 e. The molecule has 1 aliphatic heterocycles. The summed E-state index contributed by atoms with van der Waals surface area (Å²) in [7, 11) is 0. The molecule has 3 nitrogen and oxygen atoms in total. The summed E-state index contributed by atoms with van der Waals surface area (Å²) in [5, 5.41) is 10.4. The maximum atomic E-state index is 13.0. The molecule has 1 saturated heterocycles. The Hall–Kier alpha value is -1.42. The van der Waals surface area contributed by atoms with Crippen LogP contribution in [0.4, 0.5) is 4.39 Å². The molecule has 4 heteroatoms. The minimum atomic E-state index is -0.574. The van der Waals surface area contributed by atoms with Crippen molar-refractivity contribution < 1.29 is 14.3 Å². The van der Waals surface area contributed by atoms with Crippen molar-refractivity contribution in [2.75, 3.05) is 13.1 Å². The van der Waals surface area contributed by atoms with Crippen LogP contribution in [0.15, 0.2) is 24.3 Å². The molecule has 1 heterocycles. The lowest BCUT2D eigenvalue weighted by molar-refractivity contribution is -0.135. The van der Waals surface area contributed by atoms with E-state index in [4.69, 9.17) is 0 Å². The van der Waals surface area contributed by atoms with E-state index in [1.54, 1.807) is 12.1 Å². The van der Waals surface area contributed by atoms with Crippen molar-refractivity contribution in [1.82, 2.24) is 4.90 Å². The molecular formula is C18H24FNO2. The zero-order chi connectivity index (χ0) is 15.9. The van der Waals surface area contributed by atoms with Gasteiger partial charge in [-0.3, -0.25) is 4.79 Å². The van der Waals surface area contributed by atoms with Gasteiger partial charge in [0.1, 0.15) is 5.82 Å². The SMILES string of the molecule is CC1(C)C[C@@H]1C(=O)N1CCC(C(O)c2ccc(F)cc2)CC1. The highest BCUT2D eigenvalue weighted by atomic mass is 19.1. The van der Waals surface area contributed by atoms with Crippen LogP contribution in [0.1, 0.15) is 44.8 Å². The molecule has 0 aromatic heterocycles. The van der Waals surface area contributed by atoms with Crippen LogP contribution in [0.2, 0.25) is 0 Å². The lowest BCUT2D eigenvalue weighted by Gasteiger charge is -2.34. The van der Waals surface area contributed by atoms with Gasteiger partial charge in [-0.2, -0.15) is 0 Å². The minimum absolute atomic E-state index is 0.140. The molecule has 1 N–H and O–H groups in total. The zero-order valence-electron chi connectivity index (χ0n) is 13.3. The highest BCUT2D eigenvalue weighted by molar-refractivity contribution is 5.82. The van der Waals surface area contributed by atoms with Crippen LogP contribution in [0.25, 0.3) is 0 Å². The molecule has 2 atom stereocenters. The highest BCUT2D eigenvalue weighted by Gasteiger charge is 2.52. The van der Waals surface area contributed by atoms with Crippen molar-refractivity contribution in [2.24, 2.45) is 17.3 Å². The van der Waals surface area contributed by atoms with Crippen molar-refractivity contribution in [1.29, 1.82) is 0 Å². The monoisotopic (exact) mass is 305 g/mol. The fraction of sp³-hybridized carbons (Fsp3) is 0.611. The lowest BCUT2D eigenvalue weighted by Crippen LogP contribution is -2.41. The Bertz CT molecular complexity index is 547. The van der Waals surface area contributed by atoms with Gasteiger partial charge in [-0.05, 0) is 48.3 Å². The van der Waals surface area contributed by atoms with Gasteiger partial charge in [-0.25, -0.2) is 4.39 Å². The van der Waals surface area contributed by atoms with E-state index in [-0.39, 0.29) is 29.0 Å². The number of nitrogens with zero attached hydrogens (tertiary/aromatic N) is 1. The summed E-state index contributed by atoms with van der Waals surface area (Å²) in [6.07, 6.45) is 2.02. The molecule has 1 aliphatic carbocycles. The van der Waals surface area contributed by atoms with Crippen LogP contribution in [0.3, 0.4) is 0 Å². The van der Waals surface area contributed by atoms with Crippen LogP contribution < -0.4 is 0 Å². The molecule has 1 aromatic carbocycles. The Morgan fingerprint density at radius 1 is 1.27 bits per heavy atom. The third-order valence-electron chi connectivity index (χ3n) is 5.32. The van der Waals surface area contributed by atoms with Crippen LogP contribution >= 0.6 is 0 Å². The molecule has 0 spiro atoms. The topological polar surface area (TPSA) is 40.5 Å². The van der Waals surface area contributed by atoms with Gasteiger partial charge in [-0.1, -0.05) is 26.0 Å². The number of aliphatic hydroxyl groups excluding tert-OH is 1. The summed E-state index contributed by atoms with van der Waals surface area (Å²) in [6.45, 7) is 5.71. The zero-order valence-corrected chi connectivity index (χ0v) is 13.3. The Morgan fingerprint density at radius 2 is 1.82 bits per heavy atom. The Labute approximate surface area is 131 Å². The van der Waals surface area contributed by atoms with Gasteiger partial charge in [0.05, 0.1) is 6.10 Å². The number of benzene rings is 1. The molecule has 3 rings (SSSR count). The summed E-state index contributed by atoms with van der Waals surface area (Å²) in [5.41, 5.74) is 0.927. The number of carbonyl (C=O) groups is 1. The largest absolute Gasteiger partial charge is 0.388 e. The second kappa shape index (κ2) is 5.65. The number of aliphatic hydroxyl groups is 1. The summed E-state index contributed by atoms with van der Waals surface area (Å²) in [4.78, 5) is 14.3. The first-order chi connectivity index (χ1) is 10.4. The predicted molar refractivity (Wildman–Crippen MR) is 82.6 cm³/mol. The fourth-order valence-corrected chi connectivity index (χ4v) is 3.48. The summed E-state index contributed by atoms with van der Waals surface area (Å²) in [6, 6.07) is 6.05. The Morgan fingerprint density at radius 3 is 2.32 bits per heavy atom. The summed E-state index contributed by atoms with van der Waals surface area (Å²) < 4.78 is 13.0. The molecule has 0 radical (unpaired) electrons. The normalized spacial score (nSPS) is 25.8. The van der Waals surface area contributed by atoms with Crippen molar-refractivity contribution in [3.8, 4) is 0 Å². The van der Waals surface area contributed by atoms with Gasteiger partial charge in [-0.15, -0.1) is 0 Å². The number of halogens is 1. The van der Waals surface area contributed by atoms with Gasteiger partial charge in [0.15, 0.2) is 0 Å². The summed E-state index contributed by atoms with van der Waals surface area (Å²) >= 11 is 0. The molecular weight excluding hydrogens is 281 g/mol. The van der Waals surface area contributed by atoms with E-state index < -0.39 is 6.10 Å². The first-order valence-electron chi connectivity index (χ1n) is 8.11. The number of carbonyl (C=O) groups excluding carboxylic acids is 1. The molecule has 1 aromatic rings. The quantitative estimate of drug-likeness (QED) is 0.932. The number of amides is 1. The maximum Gasteiger partial charge on any atom is 0.226 e. The van der Waals surface area contributed by atoms with Gasteiger partial charge in [0, 0.05) is 19.0 Å². The first kappa shape index (κ1) is 15.5.